The second-order valence-corrected chi connectivity index (χ2v) is 7.29. The van der Waals surface area contributed by atoms with Gasteiger partial charge in [-0.25, -0.2) is 0 Å². The third-order valence-corrected chi connectivity index (χ3v) is 5.96. The van der Waals surface area contributed by atoms with E-state index >= 15 is 0 Å². The maximum absolute atomic E-state index is 6.48. The first kappa shape index (κ1) is 11.5. The van der Waals surface area contributed by atoms with E-state index in [2.05, 4.69) is 22.6 Å². The smallest absolute Gasteiger partial charge is 0.0162 e. The zero-order valence-corrected chi connectivity index (χ0v) is 11.4. The molecule has 4 bridgehead atoms. The first-order valence-electron chi connectivity index (χ1n) is 5.58. The Bertz CT molecular complexity index is 235. The molecule has 4 fully saturated rings. The van der Waals surface area contributed by atoms with Gasteiger partial charge in [-0.15, -0.1) is 12.4 Å². The monoisotopic (exact) mass is 327 g/mol. The number of rotatable bonds is 0. The van der Waals surface area contributed by atoms with Crippen molar-refractivity contribution < 1.29 is 0 Å². The van der Waals surface area contributed by atoms with Crippen LogP contribution in [0.15, 0.2) is 0 Å². The topological polar surface area (TPSA) is 26.0 Å². The Hall–Kier alpha value is 0.980. The van der Waals surface area contributed by atoms with E-state index in [0.717, 1.165) is 21.7 Å². The summed E-state index contributed by atoms with van der Waals surface area (Å²) in [5, 5.41) is 0. The molecule has 1 nitrogen and oxygen atoms in total. The Morgan fingerprint density at radius 1 is 1.00 bits per heavy atom. The van der Waals surface area contributed by atoms with Crippen LogP contribution in [0, 0.1) is 17.8 Å². The van der Waals surface area contributed by atoms with Crippen molar-refractivity contribution in [2.75, 3.05) is 0 Å². The lowest BCUT2D eigenvalue weighted by molar-refractivity contribution is 0.105. The molecule has 4 aliphatic rings. The van der Waals surface area contributed by atoms with Gasteiger partial charge in [0.05, 0.1) is 0 Å². The maximum atomic E-state index is 6.48. The summed E-state index contributed by atoms with van der Waals surface area (Å²) >= 11 is 2.68. The average Bonchev–Trinajstić information content (AvgIpc) is 2.12. The van der Waals surface area contributed by atoms with E-state index in [4.69, 9.17) is 5.73 Å². The van der Waals surface area contributed by atoms with Crippen molar-refractivity contribution in [2.45, 2.75) is 48.0 Å². The Morgan fingerprint density at radius 2 is 1.64 bits per heavy atom. The molecule has 0 aromatic rings. The van der Waals surface area contributed by atoms with E-state index in [1.54, 1.807) is 0 Å². The summed E-state index contributed by atoms with van der Waals surface area (Å²) in [5.41, 5.74) is 6.74. The molecule has 3 heteroatoms. The molecular weight excluding hydrogens is 308 g/mol. The fourth-order valence-electron chi connectivity index (χ4n) is 4.22. The van der Waals surface area contributed by atoms with E-state index in [0.29, 0.717) is 0 Å². The molecule has 0 aromatic heterocycles. The summed E-state index contributed by atoms with van der Waals surface area (Å²) in [6.07, 6.45) is 8.44. The van der Waals surface area contributed by atoms with Crippen molar-refractivity contribution in [3.8, 4) is 0 Å². The lowest BCUT2D eigenvalue weighted by atomic mass is 9.64. The predicted molar refractivity (Wildman–Crippen MR) is 70.1 cm³/mol. The highest BCUT2D eigenvalue weighted by Gasteiger charge is 2.48. The molecule has 0 heterocycles. The molecule has 5 atom stereocenters. The Balaban J connectivity index is 0.000000750. The maximum Gasteiger partial charge on any atom is 0.0162 e. The summed E-state index contributed by atoms with van der Waals surface area (Å²) in [7, 11) is 0. The van der Waals surface area contributed by atoms with Gasteiger partial charge in [0.2, 0.25) is 0 Å². The first-order chi connectivity index (χ1) is 6.15. The Kier molecular flexibility index (Phi) is 3.09. The van der Waals surface area contributed by atoms with Gasteiger partial charge in [0, 0.05) is 9.46 Å². The minimum atomic E-state index is 0. The molecule has 4 rings (SSSR count). The van der Waals surface area contributed by atoms with Gasteiger partial charge in [-0.1, -0.05) is 22.6 Å². The summed E-state index contributed by atoms with van der Waals surface area (Å²) in [6.45, 7) is 0. The summed E-state index contributed by atoms with van der Waals surface area (Å²) in [5.74, 6) is 2.91. The highest BCUT2D eigenvalue weighted by Crippen LogP contribution is 2.53. The molecule has 0 radical (unpaired) electrons. The fourth-order valence-corrected chi connectivity index (χ4v) is 5.48. The minimum Gasteiger partial charge on any atom is -0.325 e. The lowest BCUT2D eigenvalue weighted by Gasteiger charge is -2.46. The molecule has 4 saturated carbocycles. The van der Waals surface area contributed by atoms with Gasteiger partial charge in [0.15, 0.2) is 0 Å². The fraction of sp³-hybridized carbons (Fsp3) is 1.00. The highest BCUT2D eigenvalue weighted by molar-refractivity contribution is 14.1. The number of fused-ring (bicyclic) bond motifs is 1. The summed E-state index contributed by atoms with van der Waals surface area (Å²) in [4.78, 5) is 0. The van der Waals surface area contributed by atoms with Crippen LogP contribution < -0.4 is 5.73 Å². The average molecular weight is 328 g/mol. The molecule has 2 N–H and O–H groups in total. The zero-order valence-electron chi connectivity index (χ0n) is 8.42. The van der Waals surface area contributed by atoms with Gasteiger partial charge in [0.25, 0.3) is 0 Å². The van der Waals surface area contributed by atoms with Gasteiger partial charge in [-0.2, -0.15) is 0 Å². The number of alkyl halides is 1. The molecule has 14 heavy (non-hydrogen) atoms. The van der Waals surface area contributed by atoms with Gasteiger partial charge >= 0.3 is 0 Å². The van der Waals surface area contributed by atoms with Crippen molar-refractivity contribution in [3.05, 3.63) is 0 Å². The number of hydrogen-bond donors (Lipinski definition) is 1. The van der Waals surface area contributed by atoms with E-state index in [1.807, 2.05) is 0 Å². The summed E-state index contributed by atoms with van der Waals surface area (Å²) < 4.78 is 0.929. The predicted octanol–water partition coefficient (Wildman–Crippen LogP) is 3.14. The number of nitrogens with two attached hydrogens (primary N) is 1. The molecule has 0 spiro atoms. The molecule has 0 saturated heterocycles. The zero-order chi connectivity index (χ0) is 9.05. The van der Waals surface area contributed by atoms with Crippen LogP contribution in [-0.2, 0) is 0 Å². The molecule has 0 aliphatic heterocycles. The van der Waals surface area contributed by atoms with Crippen LogP contribution in [0.25, 0.3) is 0 Å². The molecular formula is C11H19ClIN. The molecule has 4 aliphatic carbocycles. The van der Waals surface area contributed by atoms with Crippen LogP contribution in [0.1, 0.15) is 38.5 Å². The van der Waals surface area contributed by atoms with Crippen molar-refractivity contribution >= 4 is 35.0 Å². The lowest BCUT2D eigenvalue weighted by Crippen LogP contribution is -2.50. The van der Waals surface area contributed by atoms with E-state index in [-0.39, 0.29) is 17.9 Å². The minimum absolute atomic E-state index is 0. The number of hydrogen-bond acceptors (Lipinski definition) is 1. The quantitative estimate of drug-likeness (QED) is 0.537. The standard InChI is InChI=1S/C11H18IN.ClH/c12-10-3-8-1-7-2-9(10)6-11(13,4-7)5-8;/h7-10H,1-6,13H2;1H. The van der Waals surface area contributed by atoms with Crippen molar-refractivity contribution in [2.24, 2.45) is 23.5 Å². The van der Waals surface area contributed by atoms with E-state index in [1.165, 1.54) is 38.5 Å². The highest BCUT2D eigenvalue weighted by atomic mass is 127. The second kappa shape index (κ2) is 3.77. The van der Waals surface area contributed by atoms with Crippen LogP contribution in [0.3, 0.4) is 0 Å². The van der Waals surface area contributed by atoms with Crippen molar-refractivity contribution in [1.82, 2.24) is 0 Å². The third-order valence-electron chi connectivity index (χ3n) is 4.43. The van der Waals surface area contributed by atoms with Crippen LogP contribution >= 0.6 is 35.0 Å². The van der Waals surface area contributed by atoms with Crippen molar-refractivity contribution in [1.29, 1.82) is 0 Å². The largest absolute Gasteiger partial charge is 0.325 e. The third kappa shape index (κ3) is 1.82. The second-order valence-electron chi connectivity index (χ2n) is 5.69. The van der Waals surface area contributed by atoms with Gasteiger partial charge in [-0.3, -0.25) is 0 Å². The van der Waals surface area contributed by atoms with Crippen molar-refractivity contribution in [3.63, 3.8) is 0 Å². The van der Waals surface area contributed by atoms with Gasteiger partial charge in [0.1, 0.15) is 0 Å². The molecule has 0 amide bonds. The summed E-state index contributed by atoms with van der Waals surface area (Å²) in [6, 6.07) is 0. The Labute approximate surface area is 106 Å². The van der Waals surface area contributed by atoms with E-state index < -0.39 is 0 Å². The molecule has 5 unspecified atom stereocenters. The Morgan fingerprint density at radius 3 is 2.29 bits per heavy atom. The van der Waals surface area contributed by atoms with Crippen LogP contribution in [-0.4, -0.2) is 9.46 Å². The number of halogens is 2. The van der Waals surface area contributed by atoms with Crippen LogP contribution in [0.2, 0.25) is 0 Å². The van der Waals surface area contributed by atoms with Gasteiger partial charge in [-0.05, 0) is 56.3 Å². The first-order valence-corrected chi connectivity index (χ1v) is 6.82. The molecule has 0 aromatic carbocycles. The van der Waals surface area contributed by atoms with Gasteiger partial charge < -0.3 is 5.73 Å². The van der Waals surface area contributed by atoms with E-state index in [9.17, 15) is 0 Å². The SMILES string of the molecule is Cl.NC12CC3CC(CC(C1)C(I)C3)C2. The normalized spacial score (nSPS) is 55.3. The van der Waals surface area contributed by atoms with Crippen LogP contribution in [0.4, 0.5) is 0 Å². The molecule has 82 valence electrons. The van der Waals surface area contributed by atoms with Crippen LogP contribution in [0.5, 0.6) is 0 Å².